The van der Waals surface area contributed by atoms with Gasteiger partial charge >= 0.3 is 0 Å². The van der Waals surface area contributed by atoms with Crippen LogP contribution in [0.3, 0.4) is 0 Å². The molecule has 24 heavy (non-hydrogen) atoms. The van der Waals surface area contributed by atoms with Crippen LogP contribution >= 0.6 is 0 Å². The minimum atomic E-state index is -0.869. The molecule has 2 aromatic rings. The molecule has 0 aliphatic carbocycles. The van der Waals surface area contributed by atoms with Gasteiger partial charge < -0.3 is 5.11 Å². The zero-order valence-electron chi connectivity index (χ0n) is 14.1. The Balaban J connectivity index is 1.86. The molecule has 1 fully saturated rings. The lowest BCUT2D eigenvalue weighted by atomic mass is 10.0. The molecule has 1 saturated heterocycles. The largest absolute Gasteiger partial charge is 0.392 e. The van der Waals surface area contributed by atoms with Crippen molar-refractivity contribution in [2.24, 2.45) is 0 Å². The molecule has 7 heteroatoms. The van der Waals surface area contributed by atoms with Crippen LogP contribution in [0, 0.1) is 11.6 Å². The maximum atomic E-state index is 13.6. The predicted molar refractivity (Wildman–Crippen MR) is 85.2 cm³/mol. The van der Waals surface area contributed by atoms with Gasteiger partial charge in [0.25, 0.3) is 0 Å². The Morgan fingerprint density at radius 2 is 2.00 bits per heavy atom. The first-order valence-electron chi connectivity index (χ1n) is 8.02. The molecular formula is C17H22F2N4O. The highest BCUT2D eigenvalue weighted by atomic mass is 19.2. The van der Waals surface area contributed by atoms with Crippen LogP contribution in [0.1, 0.15) is 44.6 Å². The number of aliphatic hydroxyl groups excluding tert-OH is 1. The monoisotopic (exact) mass is 336 g/mol. The van der Waals surface area contributed by atoms with Gasteiger partial charge in [0.15, 0.2) is 11.6 Å². The molecule has 1 N–H and O–H groups in total. The lowest BCUT2D eigenvalue weighted by Crippen LogP contribution is -2.31. The van der Waals surface area contributed by atoms with Crippen LogP contribution in [0.25, 0.3) is 0 Å². The standard InChI is InChI=1S/C17H22F2N4O/c1-17(2,3)23-16(20-10-21-23)9-22-8-12(24)7-15(22)11-4-5-13(18)14(19)6-11/h4-6,10,12,15,24H,7-9H2,1-3H3. The van der Waals surface area contributed by atoms with Gasteiger partial charge in [-0.2, -0.15) is 5.10 Å². The van der Waals surface area contributed by atoms with Crippen LogP contribution in [0.4, 0.5) is 8.78 Å². The fraction of sp³-hybridized carbons (Fsp3) is 0.529. The topological polar surface area (TPSA) is 54.2 Å². The normalized spacial score (nSPS) is 22.2. The van der Waals surface area contributed by atoms with Gasteiger partial charge in [-0.15, -0.1) is 0 Å². The number of halogens is 2. The summed E-state index contributed by atoms with van der Waals surface area (Å²) < 4.78 is 28.6. The quantitative estimate of drug-likeness (QED) is 0.936. The van der Waals surface area contributed by atoms with E-state index in [1.165, 1.54) is 12.4 Å². The lowest BCUT2D eigenvalue weighted by molar-refractivity contribution is 0.168. The summed E-state index contributed by atoms with van der Waals surface area (Å²) in [6, 6.07) is 3.73. The number of hydrogen-bond acceptors (Lipinski definition) is 4. The average Bonchev–Trinajstić information content (AvgIpc) is 3.09. The van der Waals surface area contributed by atoms with E-state index in [2.05, 4.69) is 10.1 Å². The number of nitrogens with zero attached hydrogens (tertiary/aromatic N) is 4. The average molecular weight is 336 g/mol. The lowest BCUT2D eigenvalue weighted by Gasteiger charge is -2.27. The Hall–Kier alpha value is -1.86. The highest BCUT2D eigenvalue weighted by molar-refractivity contribution is 5.23. The Labute approximate surface area is 139 Å². The van der Waals surface area contributed by atoms with Crippen molar-refractivity contribution >= 4 is 0 Å². The number of benzene rings is 1. The fourth-order valence-electron chi connectivity index (χ4n) is 3.24. The van der Waals surface area contributed by atoms with Gasteiger partial charge in [0.1, 0.15) is 12.2 Å². The van der Waals surface area contributed by atoms with E-state index < -0.39 is 17.7 Å². The van der Waals surface area contributed by atoms with Crippen molar-refractivity contribution in [2.75, 3.05) is 6.54 Å². The molecule has 5 nitrogen and oxygen atoms in total. The molecule has 2 atom stereocenters. The maximum Gasteiger partial charge on any atom is 0.159 e. The Bertz CT molecular complexity index is 726. The van der Waals surface area contributed by atoms with Gasteiger partial charge in [-0.05, 0) is 44.9 Å². The SMILES string of the molecule is CC(C)(C)n1ncnc1CN1CC(O)CC1c1ccc(F)c(F)c1. The summed E-state index contributed by atoms with van der Waals surface area (Å²) in [6.07, 6.45) is 1.49. The zero-order chi connectivity index (χ0) is 17.5. The fourth-order valence-corrected chi connectivity index (χ4v) is 3.24. The third kappa shape index (κ3) is 3.32. The van der Waals surface area contributed by atoms with E-state index in [1.54, 1.807) is 6.07 Å². The van der Waals surface area contributed by atoms with Gasteiger partial charge in [0.05, 0.1) is 18.2 Å². The summed E-state index contributed by atoms with van der Waals surface area (Å²) in [5.41, 5.74) is 0.453. The Morgan fingerprint density at radius 3 is 2.67 bits per heavy atom. The second-order valence-electron chi connectivity index (χ2n) is 7.27. The van der Waals surface area contributed by atoms with E-state index in [9.17, 15) is 13.9 Å². The van der Waals surface area contributed by atoms with Crippen molar-refractivity contribution in [3.63, 3.8) is 0 Å². The summed E-state index contributed by atoms with van der Waals surface area (Å²) in [5.74, 6) is -0.952. The summed E-state index contributed by atoms with van der Waals surface area (Å²) in [6.45, 7) is 7.06. The van der Waals surface area contributed by atoms with Crippen LogP contribution < -0.4 is 0 Å². The summed E-state index contributed by atoms with van der Waals surface area (Å²) in [7, 11) is 0. The number of aliphatic hydroxyl groups is 1. The second kappa shape index (κ2) is 6.22. The molecule has 0 amide bonds. The van der Waals surface area contributed by atoms with Gasteiger partial charge in [-0.1, -0.05) is 6.07 Å². The third-order valence-corrected chi connectivity index (χ3v) is 4.31. The first-order chi connectivity index (χ1) is 11.3. The molecule has 2 unspecified atom stereocenters. The highest BCUT2D eigenvalue weighted by Crippen LogP contribution is 2.34. The second-order valence-corrected chi connectivity index (χ2v) is 7.27. The van der Waals surface area contributed by atoms with Crippen LogP contribution in [0.2, 0.25) is 0 Å². The number of rotatable bonds is 3. The Kier molecular flexibility index (Phi) is 4.40. The zero-order valence-corrected chi connectivity index (χ0v) is 14.1. The molecule has 0 radical (unpaired) electrons. The molecule has 0 bridgehead atoms. The van der Waals surface area contributed by atoms with E-state index in [-0.39, 0.29) is 11.6 Å². The predicted octanol–water partition coefficient (Wildman–Crippen LogP) is 2.62. The van der Waals surface area contributed by atoms with Gasteiger partial charge in [-0.25, -0.2) is 18.4 Å². The third-order valence-electron chi connectivity index (χ3n) is 4.31. The maximum absolute atomic E-state index is 13.6. The Morgan fingerprint density at radius 1 is 1.25 bits per heavy atom. The summed E-state index contributed by atoms with van der Waals surface area (Å²) >= 11 is 0. The van der Waals surface area contributed by atoms with Crippen molar-refractivity contribution in [2.45, 2.75) is 51.4 Å². The van der Waals surface area contributed by atoms with Crippen LogP contribution in [-0.2, 0) is 12.1 Å². The van der Waals surface area contributed by atoms with Gasteiger partial charge in [-0.3, -0.25) is 4.90 Å². The number of aromatic nitrogens is 3. The van der Waals surface area contributed by atoms with E-state index in [0.717, 1.165) is 11.9 Å². The minimum Gasteiger partial charge on any atom is -0.392 e. The molecule has 1 aliphatic heterocycles. The molecular weight excluding hydrogens is 314 g/mol. The first-order valence-corrected chi connectivity index (χ1v) is 8.02. The highest BCUT2D eigenvalue weighted by Gasteiger charge is 2.34. The van der Waals surface area contributed by atoms with Crippen molar-refractivity contribution in [1.82, 2.24) is 19.7 Å². The van der Waals surface area contributed by atoms with Crippen molar-refractivity contribution in [3.05, 3.63) is 47.5 Å². The van der Waals surface area contributed by atoms with E-state index in [0.29, 0.717) is 25.1 Å². The summed E-state index contributed by atoms with van der Waals surface area (Å²) in [4.78, 5) is 6.36. The van der Waals surface area contributed by atoms with Crippen molar-refractivity contribution in [3.8, 4) is 0 Å². The molecule has 3 rings (SSSR count). The molecule has 1 aromatic carbocycles. The van der Waals surface area contributed by atoms with E-state index in [4.69, 9.17) is 0 Å². The molecule has 0 saturated carbocycles. The van der Waals surface area contributed by atoms with Crippen LogP contribution in [-0.4, -0.2) is 37.4 Å². The molecule has 1 aromatic heterocycles. The minimum absolute atomic E-state index is 0.180. The molecule has 1 aliphatic rings. The van der Waals surface area contributed by atoms with Crippen LogP contribution in [0.5, 0.6) is 0 Å². The first kappa shape index (κ1) is 17.0. The molecule has 0 spiro atoms. The van der Waals surface area contributed by atoms with Gasteiger partial charge in [0, 0.05) is 12.6 Å². The van der Waals surface area contributed by atoms with Crippen molar-refractivity contribution in [1.29, 1.82) is 0 Å². The van der Waals surface area contributed by atoms with E-state index in [1.807, 2.05) is 30.4 Å². The van der Waals surface area contributed by atoms with Gasteiger partial charge in [0.2, 0.25) is 0 Å². The van der Waals surface area contributed by atoms with Crippen LogP contribution in [0.15, 0.2) is 24.5 Å². The number of likely N-dealkylation sites (tertiary alicyclic amines) is 1. The molecule has 130 valence electrons. The van der Waals surface area contributed by atoms with E-state index >= 15 is 0 Å². The number of β-amino-alcohol motifs (C(OH)–C–C–N with tert-alkyl or cyclic N) is 1. The number of hydrogen-bond donors (Lipinski definition) is 1. The van der Waals surface area contributed by atoms with Crippen molar-refractivity contribution < 1.29 is 13.9 Å². The smallest absolute Gasteiger partial charge is 0.159 e. The summed E-state index contributed by atoms with van der Waals surface area (Å²) in [5, 5.41) is 14.3. The molecule has 2 heterocycles.